The van der Waals surface area contributed by atoms with E-state index in [1.165, 1.54) is 35.2 Å². The molecule has 11 heteroatoms. The van der Waals surface area contributed by atoms with E-state index in [-0.39, 0.29) is 45.5 Å². The molecule has 0 heterocycles. The van der Waals surface area contributed by atoms with Gasteiger partial charge in [-0.15, -0.1) is 0 Å². The topological polar surface area (TPSA) is 86.8 Å². The van der Waals surface area contributed by atoms with E-state index in [4.69, 9.17) is 34.8 Å². The summed E-state index contributed by atoms with van der Waals surface area (Å²) < 4.78 is 29.4. The molecule has 1 saturated carbocycles. The van der Waals surface area contributed by atoms with Gasteiger partial charge in [0.1, 0.15) is 12.6 Å². The van der Waals surface area contributed by atoms with Crippen LogP contribution in [-0.4, -0.2) is 43.8 Å². The van der Waals surface area contributed by atoms with Crippen molar-refractivity contribution in [2.75, 3.05) is 10.8 Å². The van der Waals surface area contributed by atoms with Crippen LogP contribution in [0.25, 0.3) is 0 Å². The SMILES string of the molecule is Cc1ccc(S(=O)(=O)N(CC(=O)N(Cc2cccc(Cl)c2)[C@@H](Cc2ccccc2)C(=O)NC2CCCC2)c2ccc(Cl)c(Cl)c2)cc1. The maximum atomic E-state index is 14.6. The lowest BCUT2D eigenvalue weighted by atomic mass is 10.0. The summed E-state index contributed by atoms with van der Waals surface area (Å²) in [5, 5.41) is 4.02. The summed E-state index contributed by atoms with van der Waals surface area (Å²) in [4.78, 5) is 30.2. The maximum absolute atomic E-state index is 14.6. The number of anilines is 1. The standard InChI is InChI=1S/C36H36Cl3N3O4S/c1-25-14-17-31(18-15-25)47(45,46)42(30-16-19-32(38)33(39)22-30)24-35(43)41(23-27-10-7-11-28(37)20-27)34(21-26-8-3-2-4-9-26)36(44)40-29-12-5-6-13-29/h2-4,7-11,14-20,22,29,34H,5-6,12-13,21,23-24H2,1H3,(H,40,44)/t34-/m0/s1. The van der Waals surface area contributed by atoms with Crippen LogP contribution < -0.4 is 9.62 Å². The van der Waals surface area contributed by atoms with Crippen molar-refractivity contribution < 1.29 is 18.0 Å². The molecule has 0 radical (unpaired) electrons. The number of aryl methyl sites for hydroxylation is 1. The molecule has 47 heavy (non-hydrogen) atoms. The zero-order chi connectivity index (χ0) is 33.6. The molecule has 246 valence electrons. The van der Waals surface area contributed by atoms with Crippen LogP contribution in [0.5, 0.6) is 0 Å². The minimum atomic E-state index is -4.27. The summed E-state index contributed by atoms with van der Waals surface area (Å²) in [5.74, 6) is -0.868. The summed E-state index contributed by atoms with van der Waals surface area (Å²) in [5.41, 5.74) is 2.59. The fraction of sp³-hybridized carbons (Fsp3) is 0.278. The Hall–Kier alpha value is -3.56. The van der Waals surface area contributed by atoms with E-state index in [1.54, 1.807) is 30.3 Å². The van der Waals surface area contributed by atoms with Crippen molar-refractivity contribution in [3.63, 3.8) is 0 Å². The molecule has 1 aliphatic rings. The Bertz CT molecular complexity index is 1820. The summed E-state index contributed by atoms with van der Waals surface area (Å²) in [6.45, 7) is 1.28. The molecule has 0 aromatic heterocycles. The van der Waals surface area contributed by atoms with Crippen LogP contribution in [0.2, 0.25) is 15.1 Å². The van der Waals surface area contributed by atoms with Crippen LogP contribution in [0.15, 0.2) is 102 Å². The highest BCUT2D eigenvalue weighted by molar-refractivity contribution is 7.92. The van der Waals surface area contributed by atoms with Gasteiger partial charge in [0.05, 0.1) is 20.6 Å². The quantitative estimate of drug-likeness (QED) is 0.162. The van der Waals surface area contributed by atoms with E-state index in [0.717, 1.165) is 41.1 Å². The van der Waals surface area contributed by atoms with E-state index < -0.39 is 28.5 Å². The fourth-order valence-corrected chi connectivity index (χ4v) is 7.67. The second kappa shape index (κ2) is 15.6. The molecule has 0 spiro atoms. The molecule has 1 atom stereocenters. The van der Waals surface area contributed by atoms with E-state index in [2.05, 4.69) is 5.32 Å². The number of benzene rings is 4. The van der Waals surface area contributed by atoms with Gasteiger partial charge < -0.3 is 10.2 Å². The number of carbonyl (C=O) groups excluding carboxylic acids is 2. The number of sulfonamides is 1. The Morgan fingerprint density at radius 2 is 1.51 bits per heavy atom. The van der Waals surface area contributed by atoms with Crippen molar-refractivity contribution in [2.45, 2.75) is 62.6 Å². The van der Waals surface area contributed by atoms with Gasteiger partial charge in [-0.3, -0.25) is 13.9 Å². The molecule has 1 N–H and O–H groups in total. The first-order chi connectivity index (χ1) is 22.5. The van der Waals surface area contributed by atoms with Crippen LogP contribution in [0.3, 0.4) is 0 Å². The molecule has 4 aromatic rings. The minimum absolute atomic E-state index is 0.00294. The summed E-state index contributed by atoms with van der Waals surface area (Å²) >= 11 is 18.9. The number of nitrogens with zero attached hydrogens (tertiary/aromatic N) is 2. The van der Waals surface area contributed by atoms with Crippen molar-refractivity contribution in [2.24, 2.45) is 0 Å². The van der Waals surface area contributed by atoms with Crippen molar-refractivity contribution >= 4 is 62.3 Å². The van der Waals surface area contributed by atoms with Crippen molar-refractivity contribution in [1.29, 1.82) is 0 Å². The zero-order valence-electron chi connectivity index (χ0n) is 25.9. The van der Waals surface area contributed by atoms with Gasteiger partial charge in [0.15, 0.2) is 0 Å². The Labute approximate surface area is 291 Å². The van der Waals surface area contributed by atoms with Gasteiger partial charge in [-0.1, -0.05) is 108 Å². The number of carbonyl (C=O) groups is 2. The predicted octanol–water partition coefficient (Wildman–Crippen LogP) is 7.85. The fourth-order valence-electron chi connectivity index (χ4n) is 5.76. The molecule has 0 unspecified atom stereocenters. The lowest BCUT2D eigenvalue weighted by Crippen LogP contribution is -2.54. The van der Waals surface area contributed by atoms with Gasteiger partial charge in [-0.05, 0) is 73.4 Å². The largest absolute Gasteiger partial charge is 0.352 e. The third-order valence-corrected chi connectivity index (χ3v) is 11.1. The Kier molecular flexibility index (Phi) is 11.5. The van der Waals surface area contributed by atoms with Gasteiger partial charge in [0, 0.05) is 24.0 Å². The molecular weight excluding hydrogens is 677 g/mol. The van der Waals surface area contributed by atoms with E-state index in [9.17, 15) is 18.0 Å². The summed E-state index contributed by atoms with van der Waals surface area (Å²) in [6, 6.07) is 26.4. The molecule has 1 fully saturated rings. The highest BCUT2D eigenvalue weighted by atomic mass is 35.5. The predicted molar refractivity (Wildman–Crippen MR) is 189 cm³/mol. The van der Waals surface area contributed by atoms with Gasteiger partial charge in [0.25, 0.3) is 10.0 Å². The lowest BCUT2D eigenvalue weighted by molar-refractivity contribution is -0.140. The second-order valence-electron chi connectivity index (χ2n) is 11.8. The molecule has 0 aliphatic heterocycles. The van der Waals surface area contributed by atoms with Gasteiger partial charge >= 0.3 is 0 Å². The highest BCUT2D eigenvalue weighted by Crippen LogP contribution is 2.31. The number of rotatable bonds is 12. The average molecular weight is 713 g/mol. The van der Waals surface area contributed by atoms with Gasteiger partial charge in [-0.2, -0.15) is 0 Å². The number of hydrogen-bond donors (Lipinski definition) is 1. The minimum Gasteiger partial charge on any atom is -0.352 e. The number of amides is 2. The van der Waals surface area contributed by atoms with Gasteiger partial charge in [0.2, 0.25) is 11.8 Å². The van der Waals surface area contributed by atoms with Crippen molar-refractivity contribution in [3.8, 4) is 0 Å². The maximum Gasteiger partial charge on any atom is 0.264 e. The molecular formula is C36H36Cl3N3O4S. The molecule has 1 aliphatic carbocycles. The van der Waals surface area contributed by atoms with Crippen LogP contribution in [0, 0.1) is 6.92 Å². The summed E-state index contributed by atoms with van der Waals surface area (Å²) in [7, 11) is -4.27. The van der Waals surface area contributed by atoms with Crippen LogP contribution in [0.1, 0.15) is 42.4 Å². The number of nitrogens with one attached hydrogen (secondary N) is 1. The monoisotopic (exact) mass is 711 g/mol. The van der Waals surface area contributed by atoms with E-state index in [0.29, 0.717) is 10.6 Å². The third kappa shape index (κ3) is 8.87. The molecule has 7 nitrogen and oxygen atoms in total. The molecule has 2 amide bonds. The normalized spacial score (nSPS) is 14.0. The van der Waals surface area contributed by atoms with Crippen LogP contribution in [-0.2, 0) is 32.6 Å². The molecule has 0 bridgehead atoms. The first-order valence-electron chi connectivity index (χ1n) is 15.4. The lowest BCUT2D eigenvalue weighted by Gasteiger charge is -2.34. The summed E-state index contributed by atoms with van der Waals surface area (Å²) in [6.07, 6.45) is 4.00. The molecule has 0 saturated heterocycles. The Balaban J connectivity index is 1.58. The zero-order valence-corrected chi connectivity index (χ0v) is 29.0. The van der Waals surface area contributed by atoms with E-state index in [1.807, 2.05) is 43.3 Å². The average Bonchev–Trinajstić information content (AvgIpc) is 3.56. The third-order valence-electron chi connectivity index (χ3n) is 8.29. The van der Waals surface area contributed by atoms with Crippen molar-refractivity contribution in [3.05, 3.63) is 129 Å². The Morgan fingerprint density at radius 1 is 0.830 bits per heavy atom. The van der Waals surface area contributed by atoms with E-state index >= 15 is 0 Å². The second-order valence-corrected chi connectivity index (χ2v) is 14.9. The molecule has 4 aromatic carbocycles. The molecule has 5 rings (SSSR count). The first kappa shape index (κ1) is 34.8. The van der Waals surface area contributed by atoms with Gasteiger partial charge in [-0.25, -0.2) is 8.42 Å². The van der Waals surface area contributed by atoms with Crippen molar-refractivity contribution in [1.82, 2.24) is 10.2 Å². The first-order valence-corrected chi connectivity index (χ1v) is 18.0. The van der Waals surface area contributed by atoms with Crippen LogP contribution in [0.4, 0.5) is 5.69 Å². The number of halogens is 3. The highest BCUT2D eigenvalue weighted by Gasteiger charge is 2.35. The Morgan fingerprint density at radius 3 is 2.17 bits per heavy atom. The smallest absolute Gasteiger partial charge is 0.264 e. The van der Waals surface area contributed by atoms with Crippen LogP contribution >= 0.6 is 34.8 Å². The number of hydrogen-bond acceptors (Lipinski definition) is 4.